The molecule has 2 aliphatic carbocycles. The highest BCUT2D eigenvalue weighted by Gasteiger charge is 2.25. The molecule has 0 fully saturated rings. The van der Waals surface area contributed by atoms with Crippen molar-refractivity contribution in [3.05, 3.63) is 190 Å². The van der Waals surface area contributed by atoms with E-state index >= 15 is 0 Å². The summed E-state index contributed by atoms with van der Waals surface area (Å²) < 4.78 is 9.15. The van der Waals surface area contributed by atoms with E-state index in [1.54, 1.807) is 0 Å². The fraction of sp³-hybridized carbons (Fsp3) is 0.0784. The van der Waals surface area contributed by atoms with Gasteiger partial charge in [-0.15, -0.1) is 11.3 Å². The van der Waals surface area contributed by atoms with E-state index in [0.29, 0.717) is 17.5 Å². The van der Waals surface area contributed by atoms with Crippen LogP contribution in [0.4, 0.5) is 0 Å². The number of para-hydroxylation sites is 1. The highest BCUT2D eigenvalue weighted by atomic mass is 32.1. The molecule has 0 atom stereocenters. The Hall–Kier alpha value is -6.69. The summed E-state index contributed by atoms with van der Waals surface area (Å²) in [5.41, 5.74) is 12.5. The van der Waals surface area contributed by atoms with Crippen LogP contribution in [0.5, 0.6) is 0 Å². The lowest BCUT2D eigenvalue weighted by Gasteiger charge is -2.14. The van der Waals surface area contributed by atoms with Crippen LogP contribution in [-0.4, -0.2) is 15.0 Å². The van der Waals surface area contributed by atoms with Gasteiger partial charge < -0.3 is 4.42 Å². The number of hydrogen-bond donors (Lipinski definition) is 0. The quantitative estimate of drug-likeness (QED) is 0.170. The molecule has 9 aromatic rings. The largest absolute Gasteiger partial charge is 0.456 e. The lowest BCUT2D eigenvalue weighted by Crippen LogP contribution is -2.25. The second kappa shape index (κ2) is 13.6. The standard InChI is InChI=1S/C51H35N3OS/c1-3-12-32(13-4-1)36-16-9-17-37(30-36)38-28-29-45-43(31-38)47-39(19-11-23-46(47)56-45)33-24-26-35(27-25-33)50-52-49(34-14-5-2-6-15-34)53-51(54-50)42-21-10-20-41-40-18-7-8-22-44(40)55-48(41)42/h1-9,12-18,21-31H,10-11,19-20H2. The first-order chi connectivity index (χ1) is 27.7. The van der Waals surface area contributed by atoms with Gasteiger partial charge in [0.2, 0.25) is 0 Å². The summed E-state index contributed by atoms with van der Waals surface area (Å²) >= 11 is 1.90. The number of aromatic nitrogens is 3. The second-order valence-corrected chi connectivity index (χ2v) is 15.6. The molecule has 3 aromatic heterocycles. The summed E-state index contributed by atoms with van der Waals surface area (Å²) in [7, 11) is 0. The van der Waals surface area contributed by atoms with Gasteiger partial charge in [-0.2, -0.15) is 0 Å². The Bertz CT molecular complexity index is 3120. The van der Waals surface area contributed by atoms with Gasteiger partial charge in [-0.3, -0.25) is 0 Å². The van der Waals surface area contributed by atoms with Crippen molar-refractivity contribution in [3.63, 3.8) is 0 Å². The number of furan rings is 1. The van der Waals surface area contributed by atoms with E-state index < -0.39 is 0 Å². The molecule has 2 aliphatic rings. The van der Waals surface area contributed by atoms with Gasteiger partial charge >= 0.3 is 0 Å². The smallest absolute Gasteiger partial charge is 0.167 e. The van der Waals surface area contributed by atoms with Gasteiger partial charge in [0.15, 0.2) is 17.5 Å². The molecular weight excluding hydrogens is 703 g/mol. The van der Waals surface area contributed by atoms with Crippen LogP contribution in [0.2, 0.25) is 0 Å². The maximum absolute atomic E-state index is 6.47. The molecule has 0 saturated carbocycles. The number of benzene rings is 6. The van der Waals surface area contributed by atoms with Crippen molar-refractivity contribution in [2.45, 2.75) is 25.7 Å². The highest BCUT2D eigenvalue weighted by molar-refractivity contribution is 7.17. The summed E-state index contributed by atoms with van der Waals surface area (Å²) in [5, 5.41) is 3.85. The molecule has 0 unspecified atom stereocenters. The molecule has 11 rings (SSSR count). The van der Waals surface area contributed by atoms with Gasteiger partial charge in [0.25, 0.3) is 0 Å². The van der Waals surface area contributed by atoms with Gasteiger partial charge in [-0.05, 0) is 83.3 Å². The number of thiophene rings is 1. The van der Waals surface area contributed by atoms with E-state index in [4.69, 9.17) is 19.4 Å². The zero-order valence-electron chi connectivity index (χ0n) is 30.6. The minimum Gasteiger partial charge on any atom is -0.456 e. The Balaban J connectivity index is 1.00. The number of nitrogens with zero attached hydrogens (tertiary/aromatic N) is 3. The minimum absolute atomic E-state index is 0.634. The molecule has 6 aromatic carbocycles. The van der Waals surface area contributed by atoms with Crippen LogP contribution in [0, 0.1) is 0 Å². The number of fused-ring (bicyclic) bond motifs is 6. The molecule has 0 amide bonds. The van der Waals surface area contributed by atoms with Crippen molar-refractivity contribution < 1.29 is 4.42 Å². The van der Waals surface area contributed by atoms with Crippen molar-refractivity contribution in [1.82, 2.24) is 15.0 Å². The molecule has 266 valence electrons. The highest BCUT2D eigenvalue weighted by Crippen LogP contribution is 2.38. The first-order valence-corrected chi connectivity index (χ1v) is 20.1. The maximum atomic E-state index is 6.47. The van der Waals surface area contributed by atoms with Crippen molar-refractivity contribution in [2.75, 3.05) is 0 Å². The number of allylic oxidation sites excluding steroid dienone is 1. The van der Waals surface area contributed by atoms with Gasteiger partial charge in [-0.1, -0.05) is 140 Å². The van der Waals surface area contributed by atoms with Crippen LogP contribution in [0.25, 0.3) is 83.3 Å². The molecule has 3 heterocycles. The summed E-state index contributed by atoms with van der Waals surface area (Å²) in [6.45, 7) is 0. The summed E-state index contributed by atoms with van der Waals surface area (Å²) in [6, 6.07) is 53.8. The van der Waals surface area contributed by atoms with E-state index in [1.807, 2.05) is 41.7 Å². The zero-order chi connectivity index (χ0) is 37.0. The Labute approximate surface area is 328 Å². The van der Waals surface area contributed by atoms with Gasteiger partial charge in [0, 0.05) is 41.9 Å². The Morgan fingerprint density at radius 3 is 1.88 bits per heavy atom. The van der Waals surface area contributed by atoms with E-state index in [2.05, 4.69) is 133 Å². The van der Waals surface area contributed by atoms with Crippen molar-refractivity contribution in [2.24, 2.45) is 0 Å². The van der Waals surface area contributed by atoms with Crippen LogP contribution in [0.15, 0.2) is 162 Å². The Morgan fingerprint density at radius 1 is 0.464 bits per heavy atom. The zero-order valence-corrected chi connectivity index (χ0v) is 31.4. The normalized spacial score (nSPS) is 13.6. The first kappa shape index (κ1) is 32.7. The number of aryl methyl sites for hydroxylation is 1. The lowest BCUT2D eigenvalue weighted by molar-refractivity contribution is 0.590. The molecule has 0 N–H and O–H groups in total. The average molecular weight is 738 g/mol. The summed E-state index contributed by atoms with van der Waals surface area (Å²) in [4.78, 5) is 15.2. The average Bonchev–Trinajstić information content (AvgIpc) is 3.85. The summed E-state index contributed by atoms with van der Waals surface area (Å²) in [6.07, 6.45) is 8.48. The molecule has 0 bridgehead atoms. The van der Waals surface area contributed by atoms with Crippen molar-refractivity contribution in [3.8, 4) is 45.0 Å². The van der Waals surface area contributed by atoms with Crippen LogP contribution in [-0.2, 0) is 6.42 Å². The van der Waals surface area contributed by atoms with E-state index in [9.17, 15) is 0 Å². The topological polar surface area (TPSA) is 51.8 Å². The van der Waals surface area contributed by atoms with Gasteiger partial charge in [0.1, 0.15) is 11.3 Å². The first-order valence-electron chi connectivity index (χ1n) is 19.3. The van der Waals surface area contributed by atoms with Crippen LogP contribution < -0.4 is 9.75 Å². The molecule has 0 aliphatic heterocycles. The SMILES string of the molecule is C1=C(c2nc(-c3ccccc3)nc(-c3ccc(C4=c5c(sc6ccc(-c7cccc(-c8ccccc8)c7)cc56)=CCC4)cc3)n2)c2oc3ccccc3c2CC1. The van der Waals surface area contributed by atoms with Crippen LogP contribution in [0.1, 0.15) is 42.0 Å². The molecule has 0 spiro atoms. The monoisotopic (exact) mass is 737 g/mol. The third kappa shape index (κ3) is 5.71. The summed E-state index contributed by atoms with van der Waals surface area (Å²) in [5.74, 6) is 2.79. The van der Waals surface area contributed by atoms with E-state index in [1.165, 1.54) is 58.8 Å². The Morgan fingerprint density at radius 2 is 1.07 bits per heavy atom. The molecular formula is C51H35N3OS. The fourth-order valence-corrected chi connectivity index (χ4v) is 9.57. The van der Waals surface area contributed by atoms with Crippen molar-refractivity contribution >= 4 is 49.6 Å². The lowest BCUT2D eigenvalue weighted by atomic mass is 9.93. The molecule has 4 nitrogen and oxygen atoms in total. The van der Waals surface area contributed by atoms with E-state index in [0.717, 1.165) is 59.1 Å². The maximum Gasteiger partial charge on any atom is 0.167 e. The van der Waals surface area contributed by atoms with Crippen molar-refractivity contribution in [1.29, 1.82) is 0 Å². The third-order valence-electron chi connectivity index (χ3n) is 11.1. The van der Waals surface area contributed by atoms with Crippen LogP contribution in [0.3, 0.4) is 0 Å². The Kier molecular flexibility index (Phi) is 7.92. The molecule has 56 heavy (non-hydrogen) atoms. The van der Waals surface area contributed by atoms with E-state index in [-0.39, 0.29) is 0 Å². The van der Waals surface area contributed by atoms with Crippen LogP contribution >= 0.6 is 11.3 Å². The second-order valence-electron chi connectivity index (χ2n) is 14.5. The van der Waals surface area contributed by atoms with Gasteiger partial charge in [-0.25, -0.2) is 15.0 Å². The molecule has 5 heteroatoms. The number of rotatable bonds is 6. The third-order valence-corrected chi connectivity index (χ3v) is 12.3. The number of hydrogen-bond acceptors (Lipinski definition) is 5. The molecule has 0 saturated heterocycles. The fourth-order valence-electron chi connectivity index (χ4n) is 8.39. The predicted octanol–water partition coefficient (Wildman–Crippen LogP) is 11.7. The minimum atomic E-state index is 0.634. The molecule has 0 radical (unpaired) electrons. The predicted molar refractivity (Wildman–Crippen MR) is 230 cm³/mol. The van der Waals surface area contributed by atoms with Gasteiger partial charge in [0.05, 0.1) is 5.57 Å².